The van der Waals surface area contributed by atoms with Gasteiger partial charge in [0.25, 0.3) is 0 Å². The van der Waals surface area contributed by atoms with Crippen LogP contribution < -0.4 is 43.0 Å². The van der Waals surface area contributed by atoms with Gasteiger partial charge in [-0.25, -0.2) is 0 Å². The summed E-state index contributed by atoms with van der Waals surface area (Å²) < 4.78 is 0. The maximum atomic E-state index is 14.3. The summed E-state index contributed by atoms with van der Waals surface area (Å²) in [5, 5.41) is 73.1. The van der Waals surface area contributed by atoms with Crippen LogP contribution in [0.2, 0.25) is 0 Å². The number of phenols is 1. The minimum absolute atomic E-state index is 0.159. The Labute approximate surface area is 432 Å². The summed E-state index contributed by atoms with van der Waals surface area (Å²) in [6.07, 6.45) is -6.60. The maximum Gasteiger partial charge on any atom is 0.305 e. The summed E-state index contributed by atoms with van der Waals surface area (Å²) in [6, 6.07) is 7.09. The molecule has 0 aliphatic carbocycles. The Morgan fingerprint density at radius 1 is 0.395 bits per heavy atom. The lowest BCUT2D eigenvalue weighted by Crippen LogP contribution is -2.61. The Morgan fingerprint density at radius 2 is 0.724 bits per heavy atom. The fourth-order valence-corrected chi connectivity index (χ4v) is 7.18. The number of aromatic hydroxyl groups is 1. The van der Waals surface area contributed by atoms with Gasteiger partial charge in [0.1, 0.15) is 48.3 Å². The summed E-state index contributed by atoms with van der Waals surface area (Å²) in [7, 11) is 0. The zero-order valence-electron chi connectivity index (χ0n) is 40.4. The molecule has 0 unspecified atom stereocenters. The van der Waals surface area contributed by atoms with Gasteiger partial charge in [-0.1, -0.05) is 72.8 Å². The highest BCUT2D eigenvalue weighted by atomic mass is 16.4. The van der Waals surface area contributed by atoms with E-state index in [2.05, 4.69) is 37.2 Å². The number of carboxylic acids is 5. The molecule has 0 saturated carbocycles. The first-order chi connectivity index (χ1) is 35.9. The third-order valence-corrected chi connectivity index (χ3v) is 11.0. The van der Waals surface area contributed by atoms with Crippen molar-refractivity contribution in [3.05, 3.63) is 102 Å². The molecule has 0 radical (unpaired) electrons. The van der Waals surface area contributed by atoms with Gasteiger partial charge in [-0.15, -0.1) is 0 Å². The average Bonchev–Trinajstić information content (AvgIpc) is 3.35. The van der Waals surface area contributed by atoms with Crippen LogP contribution in [-0.4, -0.2) is 156 Å². The maximum absolute atomic E-state index is 14.3. The fraction of sp³-hybridized carbons (Fsp3) is 0.367. The van der Waals surface area contributed by atoms with E-state index < -0.39 is 171 Å². The second kappa shape index (κ2) is 30.7. The van der Waals surface area contributed by atoms with E-state index in [4.69, 9.17) is 10.8 Å². The molecule has 0 heterocycles. The minimum Gasteiger partial charge on any atom is -0.508 e. The summed E-state index contributed by atoms with van der Waals surface area (Å²) in [4.78, 5) is 166. The van der Waals surface area contributed by atoms with Crippen LogP contribution in [0.4, 0.5) is 0 Å². The molecule has 27 nitrogen and oxygen atoms in total. The third kappa shape index (κ3) is 22.2. The number of phenolic OH excluding ortho intramolecular Hbond substituents is 1. The zero-order valence-corrected chi connectivity index (χ0v) is 40.4. The van der Waals surface area contributed by atoms with Crippen LogP contribution in [0.15, 0.2) is 84.9 Å². The molecular formula is C49H58N8O19. The van der Waals surface area contributed by atoms with E-state index in [0.29, 0.717) is 11.1 Å². The Hall–Kier alpha value is -9.27. The molecule has 0 aliphatic rings. The molecule has 0 aliphatic heterocycles. The number of nitrogens with two attached hydrogens (primary N) is 1. The number of carbonyl (C=O) groups excluding carboxylic acids is 8. The smallest absolute Gasteiger partial charge is 0.305 e. The van der Waals surface area contributed by atoms with Crippen LogP contribution in [0.1, 0.15) is 61.6 Å². The van der Waals surface area contributed by atoms with Gasteiger partial charge in [0, 0.05) is 32.1 Å². The summed E-state index contributed by atoms with van der Waals surface area (Å²) >= 11 is 0. The number of benzene rings is 3. The van der Waals surface area contributed by atoms with Crippen LogP contribution in [-0.2, 0) is 81.6 Å². The molecule has 76 heavy (non-hydrogen) atoms. The van der Waals surface area contributed by atoms with E-state index in [-0.39, 0.29) is 30.4 Å². The quantitative estimate of drug-likeness (QED) is 0.0280. The lowest BCUT2D eigenvalue weighted by atomic mass is 10.0. The van der Waals surface area contributed by atoms with Gasteiger partial charge >= 0.3 is 29.8 Å². The number of rotatable bonds is 33. The molecule has 0 aromatic heterocycles. The van der Waals surface area contributed by atoms with Gasteiger partial charge < -0.3 is 78.4 Å². The summed E-state index contributed by atoms with van der Waals surface area (Å²) in [5.74, 6) is -16.0. The van der Waals surface area contributed by atoms with Gasteiger partial charge in [-0.3, -0.25) is 57.5 Å². The first-order valence-corrected chi connectivity index (χ1v) is 23.2. The van der Waals surface area contributed by atoms with Crippen LogP contribution >= 0.6 is 0 Å². The van der Waals surface area contributed by atoms with E-state index in [9.17, 15) is 87.9 Å². The lowest BCUT2D eigenvalue weighted by molar-refractivity contribution is -0.142. The number of nitrogens with one attached hydrogen (secondary N) is 7. The molecule has 27 heteroatoms. The molecule has 0 fully saturated rings. The predicted octanol–water partition coefficient (Wildman–Crippen LogP) is -2.51. The summed E-state index contributed by atoms with van der Waals surface area (Å²) in [5.41, 5.74) is 6.85. The number of amides is 7. The lowest BCUT2D eigenvalue weighted by Gasteiger charge is -2.27. The average molecular weight is 1060 g/mol. The number of hydrogen-bond acceptors (Lipinski definition) is 15. The van der Waals surface area contributed by atoms with Gasteiger partial charge in [0.15, 0.2) is 0 Å². The Morgan fingerprint density at radius 3 is 1.11 bits per heavy atom. The van der Waals surface area contributed by atoms with E-state index in [1.54, 1.807) is 60.7 Å². The second-order valence-electron chi connectivity index (χ2n) is 17.1. The Kier molecular flexibility index (Phi) is 24.6. The first kappa shape index (κ1) is 61.0. The zero-order chi connectivity index (χ0) is 56.5. The van der Waals surface area contributed by atoms with Crippen molar-refractivity contribution in [2.24, 2.45) is 5.73 Å². The fourth-order valence-electron chi connectivity index (χ4n) is 7.18. The predicted molar refractivity (Wildman–Crippen MR) is 260 cm³/mol. The van der Waals surface area contributed by atoms with Gasteiger partial charge in [0.05, 0.1) is 31.3 Å². The van der Waals surface area contributed by atoms with Gasteiger partial charge in [0.2, 0.25) is 41.4 Å². The molecule has 0 bridgehead atoms. The summed E-state index contributed by atoms with van der Waals surface area (Å²) in [6.45, 7) is 0. The normalized spacial score (nSPS) is 13.9. The van der Waals surface area contributed by atoms with Crippen molar-refractivity contribution < 1.29 is 93.0 Å². The molecule has 15 N–H and O–H groups in total. The monoisotopic (exact) mass is 1060 g/mol. The van der Waals surface area contributed by atoms with Gasteiger partial charge in [-0.2, -0.15) is 0 Å². The van der Waals surface area contributed by atoms with Gasteiger partial charge in [-0.05, 0) is 41.7 Å². The SMILES string of the molecule is N[C@@H](CC(=O)O)C(=O)N[C@@H](Cc1ccccc1)C(=O)N[C@@H](CCC(=O)O)C(=O)N[C@@H](CC(=O)O)C(=O)N[C@@H](Cc1ccc(O)cc1)C(=O)N[C@@H](CCC(=O)O)C(=O)N[C@@H](Cc1ccccc1)C(=O)N[C@H](C=O)CC(=O)O. The first-order valence-electron chi connectivity index (χ1n) is 23.2. The molecule has 8 atom stereocenters. The number of aldehydes is 1. The van der Waals surface area contributed by atoms with Crippen molar-refractivity contribution in [3.8, 4) is 5.75 Å². The minimum atomic E-state index is -2.11. The van der Waals surface area contributed by atoms with E-state index >= 15 is 0 Å². The third-order valence-electron chi connectivity index (χ3n) is 11.0. The Balaban J connectivity index is 1.98. The second-order valence-corrected chi connectivity index (χ2v) is 17.1. The van der Waals surface area contributed by atoms with Crippen molar-refractivity contribution >= 4 is 77.5 Å². The van der Waals surface area contributed by atoms with E-state index in [1.807, 2.05) is 0 Å². The topological polar surface area (TPSA) is 454 Å². The highest BCUT2D eigenvalue weighted by Gasteiger charge is 2.36. The van der Waals surface area contributed by atoms with Crippen LogP contribution in [0, 0.1) is 0 Å². The molecular weight excluding hydrogens is 1000 g/mol. The molecule has 7 amide bonds. The number of carboxylic acid groups (broad SMARTS) is 5. The largest absolute Gasteiger partial charge is 0.508 e. The van der Waals surface area contributed by atoms with Crippen molar-refractivity contribution in [1.82, 2.24) is 37.2 Å². The number of aliphatic carboxylic acids is 5. The standard InChI is InChI=1S/C49H58N8O19/c50-31(23-41(66)67)43(70)54-35(20-27-9-5-2-6-10-27)47(74)52-33(16-18-39(62)63)45(72)57-37(24-42(68)69)49(76)56-36(21-28-11-13-30(59)14-12-28)48(75)53-32(15-17-38(60)61)44(71)55-34(19-26-7-3-1-4-8-26)46(73)51-29(25-58)22-40(64)65/h1-14,25,29,31-37,59H,15-24,50H2,(H,51,73)(H,52,74)(H,53,75)(H,54,70)(H,55,71)(H,56,76)(H,57,72)(H,60,61)(H,62,63)(H,64,65)(H,66,67)(H,68,69)/t29-,31-,32-,33-,34-,35-,36-,37-/m0/s1. The van der Waals surface area contributed by atoms with Crippen molar-refractivity contribution in [1.29, 1.82) is 0 Å². The molecule has 0 saturated heterocycles. The van der Waals surface area contributed by atoms with Crippen molar-refractivity contribution in [2.75, 3.05) is 0 Å². The van der Waals surface area contributed by atoms with E-state index in [1.165, 1.54) is 24.3 Å². The van der Waals surface area contributed by atoms with Crippen molar-refractivity contribution in [3.63, 3.8) is 0 Å². The Bertz CT molecular complexity index is 2570. The molecule has 0 spiro atoms. The molecule has 408 valence electrons. The molecule has 3 rings (SSSR count). The van der Waals surface area contributed by atoms with Crippen molar-refractivity contribution in [2.45, 2.75) is 113 Å². The van der Waals surface area contributed by atoms with E-state index in [0.717, 1.165) is 0 Å². The highest BCUT2D eigenvalue weighted by molar-refractivity contribution is 5.99. The highest BCUT2D eigenvalue weighted by Crippen LogP contribution is 2.14. The number of carbonyl (C=O) groups is 13. The molecule has 3 aromatic rings. The van der Waals surface area contributed by atoms with Crippen LogP contribution in [0.3, 0.4) is 0 Å². The van der Waals surface area contributed by atoms with Crippen LogP contribution in [0.5, 0.6) is 5.75 Å². The van der Waals surface area contributed by atoms with Crippen LogP contribution in [0.25, 0.3) is 0 Å². The molecule has 3 aromatic carbocycles. The number of hydrogen-bond donors (Lipinski definition) is 14.